The Morgan fingerprint density at radius 1 is 0.889 bits per heavy atom. The number of allylic oxidation sites excluding steroid dienone is 1. The normalized spacial score (nSPS) is 7.19. The summed E-state index contributed by atoms with van der Waals surface area (Å²) < 4.78 is 0. The van der Waals surface area contributed by atoms with Crippen LogP contribution in [0.5, 0.6) is 0 Å². The highest BCUT2D eigenvalue weighted by Crippen LogP contribution is 1.97. The summed E-state index contributed by atoms with van der Waals surface area (Å²) in [5, 5.41) is 15.1. The van der Waals surface area contributed by atoms with E-state index in [0.29, 0.717) is 6.42 Å². The molecule has 0 saturated carbocycles. The first kappa shape index (κ1) is 28.7. The van der Waals surface area contributed by atoms with Crippen LogP contribution in [0.3, 0.4) is 0 Å². The van der Waals surface area contributed by atoms with E-state index in [0.717, 1.165) is 12.8 Å². The molecule has 27 heavy (non-hydrogen) atoms. The molecule has 0 atom stereocenters. The van der Waals surface area contributed by atoms with Crippen LogP contribution in [0.4, 0.5) is 0 Å². The summed E-state index contributed by atoms with van der Waals surface area (Å²) in [6.07, 6.45) is 6.40. The van der Waals surface area contributed by atoms with Gasteiger partial charge in [0.15, 0.2) is 0 Å². The third-order valence-corrected chi connectivity index (χ3v) is 2.65. The molecule has 0 aliphatic heterocycles. The molecule has 2 nitrogen and oxygen atoms in total. The molecular weight excluding hydrogens is 328 g/mol. The summed E-state index contributed by atoms with van der Waals surface area (Å²) in [6, 6.07) is 24.3. The smallest absolute Gasteiger partial charge is 0.0621 e. The van der Waals surface area contributed by atoms with Crippen molar-refractivity contribution in [3.63, 3.8) is 0 Å². The minimum Gasteiger partial charge on any atom is -0.199 e. The van der Waals surface area contributed by atoms with E-state index in [-0.39, 0.29) is 0 Å². The van der Waals surface area contributed by atoms with Gasteiger partial charge in [0.1, 0.15) is 0 Å². The van der Waals surface area contributed by atoms with Gasteiger partial charge in [-0.2, -0.15) is 10.5 Å². The molecule has 0 bridgehead atoms. The monoisotopic (exact) mass is 362 g/mol. The van der Waals surface area contributed by atoms with Gasteiger partial charge < -0.3 is 0 Å². The summed E-state index contributed by atoms with van der Waals surface area (Å²) in [6.45, 7) is 14.5. The lowest BCUT2D eigenvalue weighted by Gasteiger charge is -1.89. The molecule has 2 aromatic rings. The molecule has 0 fully saturated rings. The van der Waals surface area contributed by atoms with Crippen LogP contribution in [-0.4, -0.2) is 0 Å². The molecule has 0 saturated heterocycles. The first-order valence-electron chi connectivity index (χ1n) is 9.07. The molecule has 0 unspecified atom stereocenters. The molecule has 144 valence electrons. The van der Waals surface area contributed by atoms with E-state index in [4.69, 9.17) is 10.5 Å². The van der Waals surface area contributed by atoms with Crippen molar-refractivity contribution in [1.82, 2.24) is 0 Å². The van der Waals surface area contributed by atoms with Crippen LogP contribution in [0.1, 0.15) is 51.7 Å². The van der Waals surface area contributed by atoms with E-state index >= 15 is 0 Å². The Morgan fingerprint density at radius 2 is 1.30 bits per heavy atom. The number of hydrogen-bond donors (Lipinski definition) is 0. The lowest BCUT2D eigenvalue weighted by molar-refractivity contribution is 0.969. The average molecular weight is 363 g/mol. The van der Waals surface area contributed by atoms with Crippen LogP contribution in [0.25, 0.3) is 6.08 Å². The van der Waals surface area contributed by atoms with Crippen molar-refractivity contribution >= 4 is 6.08 Å². The summed E-state index contributed by atoms with van der Waals surface area (Å²) in [5.41, 5.74) is 2.58. The molecule has 0 heterocycles. The summed E-state index contributed by atoms with van der Waals surface area (Å²) in [4.78, 5) is 0. The van der Waals surface area contributed by atoms with Crippen molar-refractivity contribution in [2.75, 3.05) is 0 Å². The topological polar surface area (TPSA) is 47.6 Å². The van der Waals surface area contributed by atoms with E-state index in [1.807, 2.05) is 62.4 Å². The summed E-state index contributed by atoms with van der Waals surface area (Å²) in [5.74, 6) is 0. The molecule has 0 N–H and O–H groups in total. The first-order chi connectivity index (χ1) is 13.1. The van der Waals surface area contributed by atoms with Gasteiger partial charge >= 0.3 is 0 Å². The highest BCUT2D eigenvalue weighted by Gasteiger charge is 1.80. The zero-order valence-corrected chi connectivity index (χ0v) is 17.4. The van der Waals surface area contributed by atoms with Crippen molar-refractivity contribution < 1.29 is 0 Å². The van der Waals surface area contributed by atoms with Crippen molar-refractivity contribution in [1.29, 1.82) is 10.5 Å². The van der Waals surface area contributed by atoms with E-state index in [9.17, 15) is 0 Å². The van der Waals surface area contributed by atoms with Crippen molar-refractivity contribution in [3.05, 3.63) is 91.0 Å². The standard InChI is InChI=1S/C8H10.C8H8.C4H7N.C3H6.C2H3N/c2*1-2-8-6-4-3-5-7-8;1-2-3-4-5;1-3-2;1-2-3/h3-7H,2H2,1H3;2-7H,1H2;2-3H2,1H3;3H,1H2,2H3;1H3. The molecule has 2 aromatic carbocycles. The number of rotatable bonds is 3. The molecule has 0 aliphatic carbocycles. The predicted octanol–water partition coefficient (Wildman–Crippen LogP) is 7.61. The van der Waals surface area contributed by atoms with E-state index in [1.165, 1.54) is 18.1 Å². The maximum atomic E-state index is 7.82. The van der Waals surface area contributed by atoms with Crippen LogP contribution in [-0.2, 0) is 6.42 Å². The van der Waals surface area contributed by atoms with Gasteiger partial charge in [-0.15, -0.1) is 6.58 Å². The molecule has 0 spiro atoms. The number of aryl methyl sites for hydroxylation is 1. The second-order valence-corrected chi connectivity index (χ2v) is 4.99. The fourth-order valence-electron chi connectivity index (χ4n) is 1.41. The van der Waals surface area contributed by atoms with Crippen molar-refractivity contribution in [3.8, 4) is 12.1 Å². The second-order valence-electron chi connectivity index (χ2n) is 4.99. The fourth-order valence-corrected chi connectivity index (χ4v) is 1.41. The fraction of sp³-hybridized carbons (Fsp3) is 0.280. The molecule has 2 rings (SSSR count). The van der Waals surface area contributed by atoms with Crippen LogP contribution in [0, 0.1) is 22.7 Å². The first-order valence-corrected chi connectivity index (χ1v) is 9.07. The van der Waals surface area contributed by atoms with Crippen LogP contribution >= 0.6 is 0 Å². The van der Waals surface area contributed by atoms with Gasteiger partial charge in [-0.05, 0) is 30.9 Å². The predicted molar refractivity (Wildman–Crippen MR) is 120 cm³/mol. The molecule has 0 aliphatic rings. The highest BCUT2D eigenvalue weighted by molar-refractivity contribution is 5.45. The maximum absolute atomic E-state index is 7.82. The SMILES string of the molecule is C=CC.C=Cc1ccccc1.CC#N.CCCC#N.CCc1ccccc1. The van der Waals surface area contributed by atoms with Gasteiger partial charge in [0.05, 0.1) is 12.1 Å². The van der Waals surface area contributed by atoms with Gasteiger partial charge in [-0.3, -0.25) is 0 Å². The Balaban J connectivity index is -0.000000286. The summed E-state index contributed by atoms with van der Waals surface area (Å²) in [7, 11) is 0. The van der Waals surface area contributed by atoms with Crippen molar-refractivity contribution in [2.24, 2.45) is 0 Å². The maximum Gasteiger partial charge on any atom is 0.0621 e. The number of hydrogen-bond acceptors (Lipinski definition) is 2. The quantitative estimate of drug-likeness (QED) is 0.527. The lowest BCUT2D eigenvalue weighted by Crippen LogP contribution is -1.73. The van der Waals surface area contributed by atoms with Gasteiger partial charge in [-0.1, -0.05) is 93.2 Å². The Kier molecular flexibility index (Phi) is 29.5. The largest absolute Gasteiger partial charge is 0.199 e. The van der Waals surface area contributed by atoms with E-state index in [1.54, 1.807) is 12.1 Å². The Hall–Kier alpha value is -3.10. The molecular formula is C25H34N2. The lowest BCUT2D eigenvalue weighted by atomic mass is 10.2. The van der Waals surface area contributed by atoms with Gasteiger partial charge in [0.25, 0.3) is 0 Å². The highest BCUT2D eigenvalue weighted by atomic mass is 14.2. The molecule has 2 heteroatoms. The van der Waals surface area contributed by atoms with E-state index in [2.05, 4.69) is 44.3 Å². The zero-order chi connectivity index (χ0) is 21.2. The Bertz CT molecular complexity index is 617. The van der Waals surface area contributed by atoms with Gasteiger partial charge in [0.2, 0.25) is 0 Å². The Labute approximate surface area is 167 Å². The number of nitrogens with zero attached hydrogens (tertiary/aromatic N) is 2. The molecule has 0 aromatic heterocycles. The van der Waals surface area contributed by atoms with Crippen LogP contribution < -0.4 is 0 Å². The van der Waals surface area contributed by atoms with Gasteiger partial charge in [0, 0.05) is 13.3 Å². The zero-order valence-electron chi connectivity index (χ0n) is 17.4. The van der Waals surface area contributed by atoms with Crippen LogP contribution in [0.2, 0.25) is 0 Å². The van der Waals surface area contributed by atoms with E-state index < -0.39 is 0 Å². The number of benzene rings is 2. The molecule has 0 radical (unpaired) electrons. The number of unbranched alkanes of at least 4 members (excludes halogenated alkanes) is 1. The third kappa shape index (κ3) is 28.0. The molecule has 0 amide bonds. The second kappa shape index (κ2) is 27.7. The average Bonchev–Trinajstić information content (AvgIpc) is 2.72. The minimum atomic E-state index is 0.694. The number of nitriles is 2. The minimum absolute atomic E-state index is 0.694. The van der Waals surface area contributed by atoms with Crippen molar-refractivity contribution in [2.45, 2.75) is 47.0 Å². The summed E-state index contributed by atoms with van der Waals surface area (Å²) >= 11 is 0. The third-order valence-electron chi connectivity index (χ3n) is 2.65. The van der Waals surface area contributed by atoms with Gasteiger partial charge in [-0.25, -0.2) is 0 Å². The Morgan fingerprint density at radius 3 is 1.48 bits per heavy atom. The van der Waals surface area contributed by atoms with Crippen LogP contribution in [0.15, 0.2) is 79.9 Å².